The molecule has 1 amide bonds. The number of nitrogens with one attached hydrogen (secondary N) is 1. The van der Waals surface area contributed by atoms with Gasteiger partial charge in [-0.2, -0.15) is 5.26 Å². The molecule has 0 unspecified atom stereocenters. The van der Waals surface area contributed by atoms with Crippen molar-refractivity contribution in [2.75, 3.05) is 6.54 Å². The third-order valence-electron chi connectivity index (χ3n) is 1.82. The van der Waals surface area contributed by atoms with Gasteiger partial charge in [-0.15, -0.1) is 0 Å². The quantitative estimate of drug-likeness (QED) is 0.360. The third-order valence-corrected chi connectivity index (χ3v) is 1.82. The minimum absolute atomic E-state index is 0.196. The van der Waals surface area contributed by atoms with E-state index >= 15 is 0 Å². The highest BCUT2D eigenvalue weighted by Crippen LogP contribution is 2.12. The summed E-state index contributed by atoms with van der Waals surface area (Å²) in [6.07, 6.45) is 1.38. The largest absolute Gasteiger partial charge is 0.593 e. The Morgan fingerprint density at radius 1 is 1.56 bits per heavy atom. The zero-order valence-corrected chi connectivity index (χ0v) is 8.67. The standard InChI is InChI=1S/C10H10N4O2/c1-2-12-10(15)8-3-5-9(6-4-8)14(16)13-7-11/h3-6H,2H2,1H3,(H,12,15). The van der Waals surface area contributed by atoms with E-state index in [-0.39, 0.29) is 16.5 Å². The highest BCUT2D eigenvalue weighted by Gasteiger charge is 2.07. The molecule has 0 bridgehead atoms. The number of hydrogen-bond acceptors (Lipinski definition) is 4. The Kier molecular flexibility index (Phi) is 3.98. The van der Waals surface area contributed by atoms with E-state index in [0.717, 1.165) is 0 Å². The normalized spacial score (nSPS) is 10.6. The Hall–Kier alpha value is -2.42. The molecular formula is C10H10N4O2. The van der Waals surface area contributed by atoms with Crippen LogP contribution in [-0.4, -0.2) is 17.3 Å². The fraction of sp³-hybridized carbons (Fsp3) is 0.200. The van der Waals surface area contributed by atoms with Gasteiger partial charge in [-0.05, 0) is 23.9 Å². The van der Waals surface area contributed by atoms with Crippen molar-refractivity contribution in [3.05, 3.63) is 35.0 Å². The summed E-state index contributed by atoms with van der Waals surface area (Å²) in [5, 5.41) is 24.9. The molecule has 0 aliphatic carbocycles. The molecule has 1 rings (SSSR count). The molecule has 0 aliphatic rings. The Morgan fingerprint density at radius 2 is 2.19 bits per heavy atom. The fourth-order valence-corrected chi connectivity index (χ4v) is 1.10. The predicted octanol–water partition coefficient (Wildman–Crippen LogP) is 1.51. The molecule has 0 fully saturated rings. The first-order valence-electron chi connectivity index (χ1n) is 4.64. The highest BCUT2D eigenvalue weighted by molar-refractivity contribution is 5.94. The predicted molar refractivity (Wildman–Crippen MR) is 55.8 cm³/mol. The fourth-order valence-electron chi connectivity index (χ4n) is 1.10. The van der Waals surface area contributed by atoms with Gasteiger partial charge in [0.05, 0.1) is 5.11 Å². The van der Waals surface area contributed by atoms with Crippen molar-refractivity contribution in [2.45, 2.75) is 6.92 Å². The van der Waals surface area contributed by atoms with E-state index in [1.807, 2.05) is 6.92 Å². The number of azo groups is 1. The van der Waals surface area contributed by atoms with E-state index in [0.29, 0.717) is 12.1 Å². The van der Waals surface area contributed by atoms with Crippen LogP contribution in [0.3, 0.4) is 0 Å². The Labute approximate surface area is 92.4 Å². The molecule has 0 aliphatic heterocycles. The topological polar surface area (TPSA) is 91.3 Å². The van der Waals surface area contributed by atoms with Gasteiger partial charge in [-0.25, -0.2) is 0 Å². The molecule has 0 saturated heterocycles. The molecular weight excluding hydrogens is 208 g/mol. The Morgan fingerprint density at radius 3 is 2.69 bits per heavy atom. The first kappa shape index (κ1) is 11.7. The molecule has 82 valence electrons. The molecule has 0 radical (unpaired) electrons. The number of amides is 1. The summed E-state index contributed by atoms with van der Waals surface area (Å²) >= 11 is 0. The van der Waals surface area contributed by atoms with E-state index in [4.69, 9.17) is 5.26 Å². The number of rotatable bonds is 3. The van der Waals surface area contributed by atoms with Crippen molar-refractivity contribution in [2.24, 2.45) is 5.11 Å². The van der Waals surface area contributed by atoms with Crippen molar-refractivity contribution >= 4 is 11.6 Å². The summed E-state index contributed by atoms with van der Waals surface area (Å²) in [4.78, 5) is 11.6. The van der Waals surface area contributed by atoms with Crippen LogP contribution in [0.25, 0.3) is 0 Å². The van der Waals surface area contributed by atoms with Gasteiger partial charge >= 0.3 is 0 Å². The van der Waals surface area contributed by atoms with Gasteiger partial charge < -0.3 is 10.5 Å². The third kappa shape index (κ3) is 2.78. The Balaban J connectivity index is 2.88. The van der Waals surface area contributed by atoms with E-state index in [9.17, 15) is 10.0 Å². The molecule has 0 saturated carbocycles. The number of hydrogen-bond donors (Lipinski definition) is 1. The molecule has 1 aromatic carbocycles. The molecule has 0 aromatic heterocycles. The van der Waals surface area contributed by atoms with Gasteiger partial charge in [0.25, 0.3) is 12.1 Å². The maximum Gasteiger partial charge on any atom is 0.274 e. The van der Waals surface area contributed by atoms with E-state index in [1.54, 1.807) is 0 Å². The van der Waals surface area contributed by atoms with Crippen LogP contribution in [0.5, 0.6) is 0 Å². The van der Waals surface area contributed by atoms with Gasteiger partial charge in [0.15, 0.2) is 0 Å². The molecule has 16 heavy (non-hydrogen) atoms. The average molecular weight is 218 g/mol. The highest BCUT2D eigenvalue weighted by atomic mass is 16.5. The second-order valence-electron chi connectivity index (χ2n) is 2.88. The SMILES string of the molecule is CCNC(=O)c1ccc([N+]([O-])=NC#N)cc1. The van der Waals surface area contributed by atoms with Crippen LogP contribution in [0.15, 0.2) is 29.4 Å². The minimum Gasteiger partial charge on any atom is -0.593 e. The molecule has 6 nitrogen and oxygen atoms in total. The maximum absolute atomic E-state index is 11.4. The smallest absolute Gasteiger partial charge is 0.274 e. The monoisotopic (exact) mass is 218 g/mol. The second kappa shape index (κ2) is 5.46. The maximum atomic E-state index is 11.4. The van der Waals surface area contributed by atoms with Gasteiger partial charge in [-0.3, -0.25) is 4.79 Å². The van der Waals surface area contributed by atoms with Crippen LogP contribution in [0.4, 0.5) is 5.69 Å². The minimum atomic E-state index is -0.205. The molecule has 1 aromatic rings. The Bertz CT molecular complexity index is 445. The van der Waals surface area contributed by atoms with Crippen molar-refractivity contribution in [1.29, 1.82) is 5.26 Å². The summed E-state index contributed by atoms with van der Waals surface area (Å²) < 4.78 is 0. The van der Waals surface area contributed by atoms with Gasteiger partial charge in [0.1, 0.15) is 0 Å². The lowest BCUT2D eigenvalue weighted by Crippen LogP contribution is -2.22. The summed E-state index contributed by atoms with van der Waals surface area (Å²) in [5.74, 6) is -0.205. The van der Waals surface area contributed by atoms with E-state index in [1.165, 1.54) is 30.5 Å². The van der Waals surface area contributed by atoms with Crippen molar-refractivity contribution in [1.82, 2.24) is 5.32 Å². The summed E-state index contributed by atoms with van der Waals surface area (Å²) in [6, 6.07) is 5.85. The molecule has 6 heteroatoms. The van der Waals surface area contributed by atoms with Crippen LogP contribution < -0.4 is 5.32 Å². The lowest BCUT2D eigenvalue weighted by atomic mass is 10.2. The van der Waals surface area contributed by atoms with Crippen molar-refractivity contribution in [3.8, 4) is 6.19 Å². The van der Waals surface area contributed by atoms with Crippen molar-refractivity contribution in [3.63, 3.8) is 0 Å². The van der Waals surface area contributed by atoms with Gasteiger partial charge in [0, 0.05) is 24.2 Å². The van der Waals surface area contributed by atoms with Crippen LogP contribution in [0.2, 0.25) is 0 Å². The number of nitriles is 1. The number of nitrogens with zero attached hydrogens (tertiary/aromatic N) is 3. The van der Waals surface area contributed by atoms with Gasteiger partial charge in [-0.1, -0.05) is 0 Å². The lowest BCUT2D eigenvalue weighted by Gasteiger charge is -2.02. The summed E-state index contributed by atoms with van der Waals surface area (Å²) in [7, 11) is 0. The average Bonchev–Trinajstić information content (AvgIpc) is 2.30. The van der Waals surface area contributed by atoms with E-state index in [2.05, 4.69) is 10.4 Å². The first-order chi connectivity index (χ1) is 7.69. The van der Waals surface area contributed by atoms with Crippen LogP contribution in [0, 0.1) is 16.7 Å². The van der Waals surface area contributed by atoms with Crippen LogP contribution in [-0.2, 0) is 0 Å². The molecule has 0 atom stereocenters. The second-order valence-corrected chi connectivity index (χ2v) is 2.88. The summed E-state index contributed by atoms with van der Waals surface area (Å²) in [5.41, 5.74) is 0.658. The number of carbonyl (C=O) groups is 1. The molecule has 1 N–H and O–H groups in total. The van der Waals surface area contributed by atoms with Crippen LogP contribution >= 0.6 is 0 Å². The molecule has 0 heterocycles. The van der Waals surface area contributed by atoms with Gasteiger partial charge in [0.2, 0.25) is 5.69 Å². The number of benzene rings is 1. The van der Waals surface area contributed by atoms with Crippen molar-refractivity contribution < 1.29 is 9.66 Å². The van der Waals surface area contributed by atoms with E-state index < -0.39 is 0 Å². The summed E-state index contributed by atoms with van der Waals surface area (Å²) in [6.45, 7) is 2.36. The first-order valence-corrected chi connectivity index (χ1v) is 4.64. The lowest BCUT2D eigenvalue weighted by molar-refractivity contribution is -0.435. The molecule has 0 spiro atoms. The van der Waals surface area contributed by atoms with Crippen LogP contribution in [0.1, 0.15) is 17.3 Å². The zero-order valence-electron chi connectivity index (χ0n) is 8.67. The zero-order chi connectivity index (χ0) is 12.0. The number of carbonyl (C=O) groups excluding carboxylic acids is 1.